The Morgan fingerprint density at radius 3 is 2.67 bits per heavy atom. The summed E-state index contributed by atoms with van der Waals surface area (Å²) in [5.41, 5.74) is 1.24. The van der Waals surface area contributed by atoms with E-state index in [1.807, 2.05) is 17.5 Å². The Hall–Kier alpha value is -1.39. The lowest BCUT2D eigenvalue weighted by Crippen LogP contribution is -2.31. The molecule has 2 heterocycles. The van der Waals surface area contributed by atoms with Gasteiger partial charge in [0, 0.05) is 36.6 Å². The molecule has 0 saturated heterocycles. The third-order valence-electron chi connectivity index (χ3n) is 3.88. The smallest absolute Gasteiger partial charge is 0.128 e. The van der Waals surface area contributed by atoms with E-state index in [1.165, 1.54) is 10.4 Å². The summed E-state index contributed by atoms with van der Waals surface area (Å²) in [6.07, 6.45) is 3.04. The van der Waals surface area contributed by atoms with Crippen LogP contribution in [0.15, 0.2) is 35.8 Å². The highest BCUT2D eigenvalue weighted by Gasteiger charge is 2.13. The van der Waals surface area contributed by atoms with E-state index >= 15 is 0 Å². The monoisotopic (exact) mass is 303 g/mol. The number of rotatable bonds is 7. The summed E-state index contributed by atoms with van der Waals surface area (Å²) in [6, 6.07) is 9.39. The second-order valence-electron chi connectivity index (χ2n) is 5.47. The molecular formula is C17H25N3S. The van der Waals surface area contributed by atoms with Gasteiger partial charge in [0.2, 0.25) is 0 Å². The van der Waals surface area contributed by atoms with Crippen LogP contribution in [-0.4, -0.2) is 24.6 Å². The molecule has 0 spiro atoms. The van der Waals surface area contributed by atoms with Gasteiger partial charge in [-0.25, -0.2) is 4.98 Å². The van der Waals surface area contributed by atoms with Crippen LogP contribution in [0.5, 0.6) is 0 Å². The van der Waals surface area contributed by atoms with Crippen molar-refractivity contribution >= 4 is 17.2 Å². The van der Waals surface area contributed by atoms with Crippen LogP contribution in [-0.2, 0) is 6.42 Å². The first kappa shape index (κ1) is 16.0. The van der Waals surface area contributed by atoms with Gasteiger partial charge in [0.05, 0.1) is 0 Å². The molecule has 114 valence electrons. The van der Waals surface area contributed by atoms with E-state index in [4.69, 9.17) is 0 Å². The Labute approximate surface area is 132 Å². The summed E-state index contributed by atoms with van der Waals surface area (Å²) in [7, 11) is 2.12. The average molecular weight is 303 g/mol. The van der Waals surface area contributed by atoms with Crippen LogP contribution in [0.1, 0.15) is 37.3 Å². The van der Waals surface area contributed by atoms with E-state index in [1.54, 1.807) is 0 Å². The molecule has 2 aromatic heterocycles. The summed E-state index contributed by atoms with van der Waals surface area (Å²) in [4.78, 5) is 8.30. The summed E-state index contributed by atoms with van der Waals surface area (Å²) in [5, 5.41) is 5.55. The van der Waals surface area contributed by atoms with Crippen LogP contribution in [0, 0.1) is 0 Å². The Balaban J connectivity index is 2.00. The molecule has 2 atom stereocenters. The first-order chi connectivity index (χ1) is 10.1. The Morgan fingerprint density at radius 2 is 2.10 bits per heavy atom. The number of nitrogens with one attached hydrogen (secondary N) is 1. The lowest BCUT2D eigenvalue weighted by Gasteiger charge is -2.26. The van der Waals surface area contributed by atoms with E-state index in [0.717, 1.165) is 18.8 Å². The molecule has 2 aromatic rings. The summed E-state index contributed by atoms with van der Waals surface area (Å²) in [5.74, 6) is 1.03. The van der Waals surface area contributed by atoms with Gasteiger partial charge < -0.3 is 10.2 Å². The van der Waals surface area contributed by atoms with Gasteiger partial charge in [-0.2, -0.15) is 0 Å². The number of hydrogen-bond donors (Lipinski definition) is 1. The fourth-order valence-electron chi connectivity index (χ4n) is 2.37. The minimum Gasteiger partial charge on any atom is -0.357 e. The molecule has 4 heteroatoms. The zero-order chi connectivity index (χ0) is 15.2. The lowest BCUT2D eigenvalue weighted by molar-refractivity contribution is 0.595. The molecule has 0 aliphatic rings. The number of pyridine rings is 1. The second kappa shape index (κ2) is 7.57. The van der Waals surface area contributed by atoms with E-state index in [9.17, 15) is 0 Å². The minimum absolute atomic E-state index is 0.352. The number of hydrogen-bond acceptors (Lipinski definition) is 4. The van der Waals surface area contributed by atoms with Crippen LogP contribution < -0.4 is 10.2 Å². The normalized spacial score (nSPS) is 13.9. The molecule has 0 fully saturated rings. The van der Waals surface area contributed by atoms with Crippen molar-refractivity contribution in [3.8, 4) is 0 Å². The summed E-state index contributed by atoms with van der Waals surface area (Å²) >= 11 is 1.82. The SMILES string of the molecule is CCNC(C)c1ccc(N(C)C(C)Cc2cccs2)nc1. The van der Waals surface area contributed by atoms with Gasteiger partial charge in [-0.05, 0) is 43.5 Å². The average Bonchev–Trinajstić information content (AvgIpc) is 3.00. The zero-order valence-corrected chi connectivity index (χ0v) is 14.2. The molecule has 0 radical (unpaired) electrons. The van der Waals surface area contributed by atoms with Gasteiger partial charge in [0.25, 0.3) is 0 Å². The largest absolute Gasteiger partial charge is 0.357 e. The van der Waals surface area contributed by atoms with E-state index in [2.05, 4.69) is 72.7 Å². The van der Waals surface area contributed by atoms with Crippen LogP contribution in [0.25, 0.3) is 0 Å². The van der Waals surface area contributed by atoms with Gasteiger partial charge in [-0.1, -0.05) is 19.1 Å². The quantitative estimate of drug-likeness (QED) is 0.841. The number of likely N-dealkylation sites (N-methyl/N-ethyl adjacent to an activating group) is 1. The van der Waals surface area contributed by atoms with E-state index in [-0.39, 0.29) is 0 Å². The van der Waals surface area contributed by atoms with Gasteiger partial charge in [0.1, 0.15) is 5.82 Å². The minimum atomic E-state index is 0.352. The molecule has 0 aliphatic heterocycles. The number of nitrogens with zero attached hydrogens (tertiary/aromatic N) is 2. The molecule has 0 aliphatic carbocycles. The fraction of sp³-hybridized carbons (Fsp3) is 0.471. The summed E-state index contributed by atoms with van der Waals surface area (Å²) < 4.78 is 0. The van der Waals surface area contributed by atoms with E-state index in [0.29, 0.717) is 12.1 Å². The molecule has 0 amide bonds. The van der Waals surface area contributed by atoms with Crippen LogP contribution in [0.3, 0.4) is 0 Å². The predicted octanol–water partition coefficient (Wildman–Crippen LogP) is 3.88. The molecule has 2 unspecified atom stereocenters. The van der Waals surface area contributed by atoms with Crippen molar-refractivity contribution in [2.75, 3.05) is 18.5 Å². The van der Waals surface area contributed by atoms with Crippen LogP contribution in [0.4, 0.5) is 5.82 Å². The zero-order valence-electron chi connectivity index (χ0n) is 13.3. The van der Waals surface area contributed by atoms with Crippen LogP contribution in [0.2, 0.25) is 0 Å². The molecule has 21 heavy (non-hydrogen) atoms. The number of anilines is 1. The Bertz CT molecular complexity index is 521. The van der Waals surface area contributed by atoms with Crippen molar-refractivity contribution in [1.82, 2.24) is 10.3 Å². The fourth-order valence-corrected chi connectivity index (χ4v) is 3.20. The van der Waals surface area contributed by atoms with Gasteiger partial charge in [-0.3, -0.25) is 0 Å². The van der Waals surface area contributed by atoms with Crippen molar-refractivity contribution in [3.05, 3.63) is 46.3 Å². The maximum atomic E-state index is 4.62. The van der Waals surface area contributed by atoms with Crippen molar-refractivity contribution in [1.29, 1.82) is 0 Å². The lowest BCUT2D eigenvalue weighted by atomic mass is 10.1. The molecule has 0 saturated carbocycles. The first-order valence-corrected chi connectivity index (χ1v) is 8.44. The van der Waals surface area contributed by atoms with E-state index < -0.39 is 0 Å². The van der Waals surface area contributed by atoms with Crippen molar-refractivity contribution < 1.29 is 0 Å². The number of thiophene rings is 1. The first-order valence-electron chi connectivity index (χ1n) is 7.56. The Morgan fingerprint density at radius 1 is 1.29 bits per heavy atom. The summed E-state index contributed by atoms with van der Waals surface area (Å²) in [6.45, 7) is 7.51. The van der Waals surface area contributed by atoms with Crippen molar-refractivity contribution in [2.24, 2.45) is 0 Å². The molecule has 0 bridgehead atoms. The van der Waals surface area contributed by atoms with Crippen molar-refractivity contribution in [3.63, 3.8) is 0 Å². The Kier molecular flexibility index (Phi) is 5.76. The standard InChI is InChI=1S/C17H25N3S/c1-5-18-14(3)15-8-9-17(19-12-15)20(4)13(2)11-16-7-6-10-21-16/h6-10,12-14,18H,5,11H2,1-4H3. The maximum absolute atomic E-state index is 4.62. The highest BCUT2D eigenvalue weighted by atomic mass is 32.1. The van der Waals surface area contributed by atoms with Crippen LogP contribution >= 0.6 is 11.3 Å². The highest BCUT2D eigenvalue weighted by Crippen LogP contribution is 2.19. The molecule has 1 N–H and O–H groups in total. The van der Waals surface area contributed by atoms with Gasteiger partial charge in [-0.15, -0.1) is 11.3 Å². The molecule has 3 nitrogen and oxygen atoms in total. The predicted molar refractivity (Wildman–Crippen MR) is 92.2 cm³/mol. The number of aromatic nitrogens is 1. The van der Waals surface area contributed by atoms with Gasteiger partial charge >= 0.3 is 0 Å². The maximum Gasteiger partial charge on any atom is 0.128 e. The topological polar surface area (TPSA) is 28.2 Å². The highest BCUT2D eigenvalue weighted by molar-refractivity contribution is 7.09. The third-order valence-corrected chi connectivity index (χ3v) is 4.78. The molecular weight excluding hydrogens is 278 g/mol. The van der Waals surface area contributed by atoms with Crippen molar-refractivity contribution in [2.45, 2.75) is 39.3 Å². The third kappa shape index (κ3) is 4.29. The van der Waals surface area contributed by atoms with Gasteiger partial charge in [0.15, 0.2) is 0 Å². The molecule has 2 rings (SSSR count). The molecule has 0 aromatic carbocycles. The second-order valence-corrected chi connectivity index (χ2v) is 6.50.